The molecular formula is C17H11O3. The Bertz CT molecular complexity index is 792. The number of carbonyl (C=O) groups excluding carboxylic acids is 1. The number of aromatic hydroxyl groups is 2. The van der Waals surface area contributed by atoms with Gasteiger partial charge in [0.1, 0.15) is 0 Å². The van der Waals surface area contributed by atoms with Crippen molar-refractivity contribution >= 4 is 16.6 Å². The number of benzene rings is 3. The third-order valence-corrected chi connectivity index (χ3v) is 3.17. The third-order valence-electron chi connectivity index (χ3n) is 3.17. The van der Waals surface area contributed by atoms with Crippen molar-refractivity contribution in [2.45, 2.75) is 0 Å². The van der Waals surface area contributed by atoms with E-state index in [9.17, 15) is 15.0 Å². The van der Waals surface area contributed by atoms with Gasteiger partial charge in [-0.3, -0.25) is 4.79 Å². The Labute approximate surface area is 115 Å². The Balaban J connectivity index is 2.22. The molecule has 97 valence electrons. The number of phenols is 2. The molecule has 0 aliphatic rings. The minimum atomic E-state index is -0.433. The fourth-order valence-electron chi connectivity index (χ4n) is 2.14. The average molecular weight is 263 g/mol. The zero-order valence-corrected chi connectivity index (χ0v) is 10.5. The molecule has 3 rings (SSSR count). The summed E-state index contributed by atoms with van der Waals surface area (Å²) in [6.45, 7) is 0. The van der Waals surface area contributed by atoms with E-state index in [4.69, 9.17) is 0 Å². The zero-order chi connectivity index (χ0) is 14.1. The fraction of sp³-hybridized carbons (Fsp3) is 0. The van der Waals surface area contributed by atoms with Crippen molar-refractivity contribution < 1.29 is 15.0 Å². The molecule has 0 spiro atoms. The second kappa shape index (κ2) is 4.70. The van der Waals surface area contributed by atoms with Crippen LogP contribution in [0.2, 0.25) is 0 Å². The molecule has 0 fully saturated rings. The van der Waals surface area contributed by atoms with E-state index in [1.54, 1.807) is 54.6 Å². The van der Waals surface area contributed by atoms with Crippen molar-refractivity contribution in [1.29, 1.82) is 0 Å². The Morgan fingerprint density at radius 1 is 0.850 bits per heavy atom. The van der Waals surface area contributed by atoms with Crippen LogP contribution < -0.4 is 0 Å². The molecule has 3 aromatic carbocycles. The number of hydrogen-bond donors (Lipinski definition) is 2. The molecule has 1 radical (unpaired) electrons. The van der Waals surface area contributed by atoms with E-state index in [-0.39, 0.29) is 17.1 Å². The number of phenolic OH excluding ortho intramolecular Hbond substituents is 2. The molecule has 3 heteroatoms. The van der Waals surface area contributed by atoms with Gasteiger partial charge in [-0.15, -0.1) is 0 Å². The van der Waals surface area contributed by atoms with Gasteiger partial charge in [-0.2, -0.15) is 0 Å². The molecule has 0 unspecified atom stereocenters. The van der Waals surface area contributed by atoms with Crippen LogP contribution in [0.3, 0.4) is 0 Å². The number of hydrogen-bond acceptors (Lipinski definition) is 3. The quantitative estimate of drug-likeness (QED) is 0.551. The Morgan fingerprint density at radius 2 is 1.50 bits per heavy atom. The van der Waals surface area contributed by atoms with Gasteiger partial charge in [-0.05, 0) is 5.39 Å². The van der Waals surface area contributed by atoms with Crippen molar-refractivity contribution in [3.8, 4) is 11.5 Å². The SMILES string of the molecule is O=C(c1ccccc1)c1[c]c2ccccc2c(O)c1O. The van der Waals surface area contributed by atoms with Crippen LogP contribution in [0.25, 0.3) is 10.8 Å². The molecule has 0 saturated heterocycles. The Morgan fingerprint density at radius 3 is 2.25 bits per heavy atom. The van der Waals surface area contributed by atoms with E-state index in [1.165, 1.54) is 0 Å². The molecule has 0 aromatic heterocycles. The first-order valence-corrected chi connectivity index (χ1v) is 6.14. The highest BCUT2D eigenvalue weighted by Gasteiger charge is 2.19. The maximum Gasteiger partial charge on any atom is 0.197 e. The first-order chi connectivity index (χ1) is 9.68. The molecule has 0 amide bonds. The summed E-state index contributed by atoms with van der Waals surface area (Å²) in [5.74, 6) is -1.10. The van der Waals surface area contributed by atoms with Crippen LogP contribution in [0.15, 0.2) is 54.6 Å². The summed E-state index contributed by atoms with van der Waals surface area (Å²) in [4.78, 5) is 12.4. The lowest BCUT2D eigenvalue weighted by atomic mass is 9.98. The monoisotopic (exact) mass is 263 g/mol. The van der Waals surface area contributed by atoms with E-state index >= 15 is 0 Å². The van der Waals surface area contributed by atoms with E-state index in [0.29, 0.717) is 16.3 Å². The van der Waals surface area contributed by atoms with Crippen LogP contribution in [0, 0.1) is 6.07 Å². The maximum atomic E-state index is 12.4. The van der Waals surface area contributed by atoms with Gasteiger partial charge in [0.25, 0.3) is 0 Å². The molecule has 20 heavy (non-hydrogen) atoms. The molecule has 0 atom stereocenters. The highest BCUT2D eigenvalue weighted by molar-refractivity contribution is 6.13. The number of carbonyl (C=O) groups is 1. The lowest BCUT2D eigenvalue weighted by Crippen LogP contribution is -2.02. The zero-order valence-electron chi connectivity index (χ0n) is 10.5. The number of ketones is 1. The molecule has 0 aliphatic carbocycles. The summed E-state index contributed by atoms with van der Waals surface area (Å²) in [6.07, 6.45) is 0. The summed E-state index contributed by atoms with van der Waals surface area (Å²) in [6, 6.07) is 18.4. The van der Waals surface area contributed by atoms with Crippen LogP contribution in [-0.2, 0) is 0 Å². The second-order valence-corrected chi connectivity index (χ2v) is 4.44. The van der Waals surface area contributed by atoms with E-state index in [1.807, 2.05) is 0 Å². The van der Waals surface area contributed by atoms with Gasteiger partial charge in [0, 0.05) is 17.0 Å². The molecule has 3 aromatic rings. The van der Waals surface area contributed by atoms with Crippen LogP contribution in [0.5, 0.6) is 11.5 Å². The first-order valence-electron chi connectivity index (χ1n) is 6.14. The van der Waals surface area contributed by atoms with Crippen molar-refractivity contribution in [1.82, 2.24) is 0 Å². The standard InChI is InChI=1S/C17H11O3/c18-15(11-6-2-1-3-7-11)14-10-12-8-4-5-9-13(12)16(19)17(14)20/h1-9,19-20H. The summed E-state index contributed by atoms with van der Waals surface area (Å²) < 4.78 is 0. The largest absolute Gasteiger partial charge is 0.504 e. The summed E-state index contributed by atoms with van der Waals surface area (Å²) in [7, 11) is 0. The minimum absolute atomic E-state index is 0.0209. The van der Waals surface area contributed by atoms with Crippen LogP contribution in [-0.4, -0.2) is 16.0 Å². The van der Waals surface area contributed by atoms with Gasteiger partial charge in [-0.25, -0.2) is 0 Å². The summed E-state index contributed by atoms with van der Waals surface area (Å²) in [5, 5.41) is 21.1. The van der Waals surface area contributed by atoms with E-state index in [0.717, 1.165) is 0 Å². The maximum absolute atomic E-state index is 12.4. The average Bonchev–Trinajstić information content (AvgIpc) is 2.51. The minimum Gasteiger partial charge on any atom is -0.504 e. The van der Waals surface area contributed by atoms with Crippen molar-refractivity contribution in [2.24, 2.45) is 0 Å². The second-order valence-electron chi connectivity index (χ2n) is 4.44. The smallest absolute Gasteiger partial charge is 0.197 e. The summed E-state index contributed by atoms with van der Waals surface area (Å²) in [5.41, 5.74) is 0.418. The van der Waals surface area contributed by atoms with Crippen molar-refractivity contribution in [3.05, 3.63) is 71.8 Å². The van der Waals surface area contributed by atoms with Crippen molar-refractivity contribution in [3.63, 3.8) is 0 Å². The fourth-order valence-corrected chi connectivity index (χ4v) is 2.14. The molecule has 0 saturated carbocycles. The third kappa shape index (κ3) is 1.89. The van der Waals surface area contributed by atoms with Gasteiger partial charge in [0.2, 0.25) is 0 Å². The Kier molecular flexibility index (Phi) is 2.88. The Hall–Kier alpha value is -2.81. The normalized spacial score (nSPS) is 10.6. The molecule has 3 nitrogen and oxygen atoms in total. The van der Waals surface area contributed by atoms with Crippen molar-refractivity contribution in [2.75, 3.05) is 0 Å². The van der Waals surface area contributed by atoms with Crippen LogP contribution in [0.4, 0.5) is 0 Å². The van der Waals surface area contributed by atoms with E-state index < -0.39 is 5.75 Å². The highest BCUT2D eigenvalue weighted by Crippen LogP contribution is 2.37. The van der Waals surface area contributed by atoms with Crippen LogP contribution >= 0.6 is 0 Å². The van der Waals surface area contributed by atoms with Gasteiger partial charge in [-0.1, -0.05) is 54.6 Å². The number of fused-ring (bicyclic) bond motifs is 1. The highest BCUT2D eigenvalue weighted by atomic mass is 16.3. The molecule has 0 heterocycles. The van der Waals surface area contributed by atoms with Gasteiger partial charge >= 0.3 is 0 Å². The lowest BCUT2D eigenvalue weighted by Gasteiger charge is -2.08. The molecule has 0 bridgehead atoms. The van der Waals surface area contributed by atoms with Gasteiger partial charge in [0.15, 0.2) is 17.3 Å². The molecule has 2 N–H and O–H groups in total. The predicted octanol–water partition coefficient (Wildman–Crippen LogP) is 3.28. The number of rotatable bonds is 2. The predicted molar refractivity (Wildman–Crippen MR) is 76.0 cm³/mol. The lowest BCUT2D eigenvalue weighted by molar-refractivity contribution is 0.103. The molecular weight excluding hydrogens is 252 g/mol. The first kappa shape index (κ1) is 12.2. The van der Waals surface area contributed by atoms with Gasteiger partial charge in [0.05, 0.1) is 5.56 Å². The molecule has 0 aliphatic heterocycles. The van der Waals surface area contributed by atoms with E-state index in [2.05, 4.69) is 6.07 Å². The summed E-state index contributed by atoms with van der Waals surface area (Å²) >= 11 is 0. The van der Waals surface area contributed by atoms with Crippen LogP contribution in [0.1, 0.15) is 15.9 Å². The topological polar surface area (TPSA) is 57.5 Å². The van der Waals surface area contributed by atoms with Gasteiger partial charge < -0.3 is 10.2 Å².